The summed E-state index contributed by atoms with van der Waals surface area (Å²) in [5.41, 5.74) is 20.8. The van der Waals surface area contributed by atoms with Gasteiger partial charge in [0.05, 0.1) is 0 Å². The van der Waals surface area contributed by atoms with Crippen molar-refractivity contribution >= 4 is 23.8 Å². The molecule has 0 aliphatic heterocycles. The number of carboxylic acid groups (broad SMARTS) is 3. The number of carbonyl (C=O) groups is 4. The van der Waals surface area contributed by atoms with Crippen LogP contribution in [0.2, 0.25) is 0 Å². The Morgan fingerprint density at radius 3 is 1.59 bits per heavy atom. The molecule has 0 aliphatic rings. The minimum atomic E-state index is -1.11. The van der Waals surface area contributed by atoms with Crippen LogP contribution in [-0.2, 0) is 25.6 Å². The van der Waals surface area contributed by atoms with Gasteiger partial charge in [0, 0.05) is 6.42 Å². The topological polar surface area (TPSA) is 253 Å². The lowest BCUT2D eigenvalue weighted by molar-refractivity contribution is -0.139. The monoisotopic (exact) mass is 416 g/mol. The lowest BCUT2D eigenvalue weighted by atomic mass is 10.1. The third-order valence-electron chi connectivity index (χ3n) is 3.12. The quantitative estimate of drug-likeness (QED) is 0.240. The molecular weight excluding hydrogens is 388 g/mol. The largest absolute Gasteiger partial charge is 0.508 e. The molecule has 0 spiro atoms. The lowest BCUT2D eigenvalue weighted by Crippen LogP contribution is -2.32. The van der Waals surface area contributed by atoms with Gasteiger partial charge in [0.25, 0.3) is 0 Å². The second-order valence-electron chi connectivity index (χ2n) is 5.89. The van der Waals surface area contributed by atoms with Gasteiger partial charge in [0.1, 0.15) is 23.9 Å². The molecule has 12 nitrogen and oxygen atoms in total. The van der Waals surface area contributed by atoms with Crippen LogP contribution in [0.4, 0.5) is 0 Å². The summed E-state index contributed by atoms with van der Waals surface area (Å²) in [7, 11) is 0. The fraction of sp³-hybridized carbons (Fsp3) is 0.412. The molecule has 0 bridgehead atoms. The Balaban J connectivity index is 0. The number of aliphatic carboxylic acids is 3. The zero-order valence-electron chi connectivity index (χ0n) is 15.9. The van der Waals surface area contributed by atoms with Crippen molar-refractivity contribution in [3.8, 4) is 5.75 Å². The van der Waals surface area contributed by atoms with Crippen LogP contribution in [0.1, 0.15) is 25.3 Å². The summed E-state index contributed by atoms with van der Waals surface area (Å²) >= 11 is 0. The molecule has 0 saturated carbocycles. The van der Waals surface area contributed by atoms with Crippen LogP contribution in [0.3, 0.4) is 0 Å². The molecule has 3 atom stereocenters. The van der Waals surface area contributed by atoms with Gasteiger partial charge in [-0.1, -0.05) is 12.1 Å². The molecule has 0 fully saturated rings. The summed E-state index contributed by atoms with van der Waals surface area (Å²) in [6, 6.07) is 3.71. The highest BCUT2D eigenvalue weighted by Crippen LogP contribution is 2.10. The Morgan fingerprint density at radius 2 is 1.28 bits per heavy atom. The average molecular weight is 416 g/mol. The summed E-state index contributed by atoms with van der Waals surface area (Å²) in [4.78, 5) is 40.1. The first kappa shape index (κ1) is 28.0. The highest BCUT2D eigenvalue weighted by Gasteiger charge is 2.12. The van der Waals surface area contributed by atoms with Gasteiger partial charge >= 0.3 is 17.9 Å². The molecule has 12 heteroatoms. The molecule has 1 amide bonds. The van der Waals surface area contributed by atoms with Crippen molar-refractivity contribution in [3.63, 3.8) is 0 Å². The molecular formula is C17H28N4O8. The highest BCUT2D eigenvalue weighted by molar-refractivity contribution is 5.77. The van der Waals surface area contributed by atoms with E-state index in [-0.39, 0.29) is 25.0 Å². The number of primary amides is 1. The number of rotatable bonds is 8. The van der Waals surface area contributed by atoms with Crippen LogP contribution in [-0.4, -0.2) is 62.4 Å². The van der Waals surface area contributed by atoms with Gasteiger partial charge in [-0.3, -0.25) is 19.2 Å². The molecule has 0 aromatic heterocycles. The Hall–Kier alpha value is -3.22. The van der Waals surface area contributed by atoms with Crippen molar-refractivity contribution < 1.29 is 39.6 Å². The maximum absolute atomic E-state index is 10.4. The van der Waals surface area contributed by atoms with Gasteiger partial charge in [-0.05, 0) is 37.5 Å². The number of nitrogens with two attached hydrogens (primary N) is 4. The van der Waals surface area contributed by atoms with E-state index in [9.17, 15) is 19.2 Å². The van der Waals surface area contributed by atoms with Crippen LogP contribution in [0.5, 0.6) is 5.75 Å². The number of amides is 1. The van der Waals surface area contributed by atoms with Gasteiger partial charge in [-0.2, -0.15) is 0 Å². The van der Waals surface area contributed by atoms with Crippen LogP contribution in [0.25, 0.3) is 0 Å². The van der Waals surface area contributed by atoms with Crippen molar-refractivity contribution in [1.29, 1.82) is 0 Å². The molecule has 0 aliphatic carbocycles. The van der Waals surface area contributed by atoms with Gasteiger partial charge in [-0.15, -0.1) is 0 Å². The smallest absolute Gasteiger partial charge is 0.320 e. The predicted molar refractivity (Wildman–Crippen MR) is 103 cm³/mol. The zero-order chi connectivity index (χ0) is 23.1. The molecule has 1 aromatic carbocycles. The predicted octanol–water partition coefficient (Wildman–Crippen LogP) is -1.57. The van der Waals surface area contributed by atoms with E-state index in [0.717, 1.165) is 5.56 Å². The number of carboxylic acids is 3. The Labute approximate surface area is 167 Å². The lowest BCUT2D eigenvalue weighted by Gasteiger charge is -2.05. The van der Waals surface area contributed by atoms with E-state index in [1.165, 1.54) is 19.1 Å². The van der Waals surface area contributed by atoms with Gasteiger partial charge < -0.3 is 43.4 Å². The Kier molecular flexibility index (Phi) is 14.3. The maximum atomic E-state index is 10.4. The average Bonchev–Trinajstić information content (AvgIpc) is 2.62. The molecule has 1 aromatic rings. The summed E-state index contributed by atoms with van der Waals surface area (Å²) in [5, 5.41) is 33.6. The van der Waals surface area contributed by atoms with Crippen molar-refractivity contribution in [2.75, 3.05) is 0 Å². The highest BCUT2D eigenvalue weighted by atomic mass is 16.4. The molecule has 0 radical (unpaired) electrons. The maximum Gasteiger partial charge on any atom is 0.320 e. The van der Waals surface area contributed by atoms with E-state index in [2.05, 4.69) is 0 Å². The van der Waals surface area contributed by atoms with E-state index < -0.39 is 41.9 Å². The van der Waals surface area contributed by atoms with Crippen molar-refractivity contribution in [2.45, 2.75) is 44.3 Å². The number of benzene rings is 1. The standard InChI is InChI=1S/C9H11NO3.C5H10N2O3.C3H7NO2/c10-8(9(12)13)5-6-1-3-7(11)4-2-6;6-3(5(9)10)1-2-4(7)8;1-2(4)3(5)6/h1-4,8,11H,5,10H2,(H,12,13);3H,1-2,6H2,(H2,7,8)(H,9,10);2H,4H2,1H3,(H,5,6). The zero-order valence-corrected chi connectivity index (χ0v) is 15.9. The normalized spacial score (nSPS) is 12.7. The number of hydrogen-bond donors (Lipinski definition) is 8. The molecule has 29 heavy (non-hydrogen) atoms. The molecule has 12 N–H and O–H groups in total. The number of aromatic hydroxyl groups is 1. The van der Waals surface area contributed by atoms with Crippen molar-refractivity contribution in [3.05, 3.63) is 29.8 Å². The summed E-state index contributed by atoms with van der Waals surface area (Å²) in [6.07, 6.45) is 0.397. The van der Waals surface area contributed by atoms with Gasteiger partial charge in [-0.25, -0.2) is 0 Å². The van der Waals surface area contributed by atoms with E-state index in [4.69, 9.17) is 43.4 Å². The molecule has 0 saturated heterocycles. The third-order valence-corrected chi connectivity index (χ3v) is 3.12. The van der Waals surface area contributed by atoms with Crippen molar-refractivity contribution in [2.24, 2.45) is 22.9 Å². The third kappa shape index (κ3) is 16.7. The SMILES string of the molecule is CC(N)C(=O)O.NC(=O)CCC(N)C(=O)O.NC(Cc1ccc(O)cc1)C(=O)O. The number of phenolic OH excluding ortho intramolecular Hbond substituents is 1. The number of carbonyl (C=O) groups excluding carboxylic acids is 1. The van der Waals surface area contributed by atoms with E-state index >= 15 is 0 Å². The van der Waals surface area contributed by atoms with E-state index in [1.807, 2.05) is 0 Å². The van der Waals surface area contributed by atoms with Crippen LogP contribution >= 0.6 is 0 Å². The number of phenols is 1. The van der Waals surface area contributed by atoms with E-state index in [1.54, 1.807) is 12.1 Å². The first-order valence-corrected chi connectivity index (χ1v) is 8.29. The molecule has 0 heterocycles. The molecule has 164 valence electrons. The van der Waals surface area contributed by atoms with Crippen LogP contribution in [0, 0.1) is 0 Å². The second kappa shape index (κ2) is 14.8. The van der Waals surface area contributed by atoms with Gasteiger partial charge in [0.15, 0.2) is 0 Å². The van der Waals surface area contributed by atoms with Crippen LogP contribution in [0.15, 0.2) is 24.3 Å². The van der Waals surface area contributed by atoms with Gasteiger partial charge in [0.2, 0.25) is 5.91 Å². The van der Waals surface area contributed by atoms with Crippen molar-refractivity contribution in [1.82, 2.24) is 0 Å². The molecule has 1 rings (SSSR count). The first-order chi connectivity index (χ1) is 13.3. The fourth-order valence-electron chi connectivity index (χ4n) is 1.39. The first-order valence-electron chi connectivity index (χ1n) is 8.29. The minimum absolute atomic E-state index is 0.0213. The Bertz CT molecular complexity index is 664. The summed E-state index contributed by atoms with van der Waals surface area (Å²) < 4.78 is 0. The summed E-state index contributed by atoms with van der Waals surface area (Å²) in [5.74, 6) is -3.46. The van der Waals surface area contributed by atoms with E-state index in [0.29, 0.717) is 0 Å². The summed E-state index contributed by atoms with van der Waals surface area (Å²) in [6.45, 7) is 1.42. The fourth-order valence-corrected chi connectivity index (χ4v) is 1.39. The Morgan fingerprint density at radius 1 is 0.862 bits per heavy atom. The second-order valence-corrected chi connectivity index (χ2v) is 5.89. The molecule has 3 unspecified atom stereocenters. The number of hydrogen-bond acceptors (Lipinski definition) is 8. The van der Waals surface area contributed by atoms with Crippen LogP contribution < -0.4 is 22.9 Å². The minimum Gasteiger partial charge on any atom is -0.508 e.